The van der Waals surface area contributed by atoms with E-state index in [1.54, 1.807) is 43.3 Å². The van der Waals surface area contributed by atoms with Gasteiger partial charge in [0.2, 0.25) is 0 Å². The minimum absolute atomic E-state index is 0.0155. The van der Waals surface area contributed by atoms with Crippen molar-refractivity contribution in [3.8, 4) is 0 Å². The van der Waals surface area contributed by atoms with Gasteiger partial charge in [-0.2, -0.15) is 5.10 Å². The first kappa shape index (κ1) is 20.3. The van der Waals surface area contributed by atoms with Crippen molar-refractivity contribution in [3.63, 3.8) is 0 Å². The standard InChI is InChI=1S/C22H24N4O3/c1-5-26-21(29)17-9-7-6-8-16(17)18(25-26)20(28)24-23-19(27)14-10-12-15(13-11-14)22(2,3)4/h6-13H,5H2,1-4H3,(H,23,27)(H,24,28). The molecule has 2 amide bonds. The van der Waals surface area contributed by atoms with Gasteiger partial charge in [0.1, 0.15) is 0 Å². The van der Waals surface area contributed by atoms with Crippen LogP contribution in [0, 0.1) is 0 Å². The van der Waals surface area contributed by atoms with Crippen molar-refractivity contribution in [2.75, 3.05) is 0 Å². The summed E-state index contributed by atoms with van der Waals surface area (Å²) in [5, 5.41) is 4.98. The van der Waals surface area contributed by atoms with Crippen LogP contribution >= 0.6 is 0 Å². The Morgan fingerprint density at radius 2 is 1.52 bits per heavy atom. The number of hydrogen-bond donors (Lipinski definition) is 2. The molecule has 7 heteroatoms. The first-order valence-electron chi connectivity index (χ1n) is 9.43. The summed E-state index contributed by atoms with van der Waals surface area (Å²) in [6, 6.07) is 14.0. The molecule has 7 nitrogen and oxygen atoms in total. The maximum Gasteiger partial charge on any atom is 0.290 e. The topological polar surface area (TPSA) is 93.1 Å². The Balaban J connectivity index is 1.80. The Bertz CT molecular complexity index is 1130. The van der Waals surface area contributed by atoms with Gasteiger partial charge in [0.25, 0.3) is 17.4 Å². The van der Waals surface area contributed by atoms with Crippen LogP contribution in [0.3, 0.4) is 0 Å². The molecule has 0 aliphatic heterocycles. The molecule has 0 atom stereocenters. The predicted molar refractivity (Wildman–Crippen MR) is 112 cm³/mol. The lowest BCUT2D eigenvalue weighted by atomic mass is 9.87. The number of hydrazine groups is 1. The summed E-state index contributed by atoms with van der Waals surface area (Å²) in [6.07, 6.45) is 0. The van der Waals surface area contributed by atoms with Gasteiger partial charge in [-0.25, -0.2) is 4.68 Å². The molecule has 3 aromatic rings. The Morgan fingerprint density at radius 3 is 2.10 bits per heavy atom. The smallest absolute Gasteiger partial charge is 0.267 e. The summed E-state index contributed by atoms with van der Waals surface area (Å²) in [4.78, 5) is 37.4. The highest BCUT2D eigenvalue weighted by Crippen LogP contribution is 2.22. The average molecular weight is 392 g/mol. The molecule has 0 bridgehead atoms. The monoisotopic (exact) mass is 392 g/mol. The van der Waals surface area contributed by atoms with E-state index in [1.165, 1.54) is 4.68 Å². The van der Waals surface area contributed by atoms with Crippen molar-refractivity contribution >= 4 is 22.6 Å². The van der Waals surface area contributed by atoms with Crippen LogP contribution in [-0.2, 0) is 12.0 Å². The number of nitrogens with zero attached hydrogens (tertiary/aromatic N) is 2. The summed E-state index contributed by atoms with van der Waals surface area (Å²) < 4.78 is 1.23. The lowest BCUT2D eigenvalue weighted by molar-refractivity contribution is 0.0843. The zero-order valence-corrected chi connectivity index (χ0v) is 16.9. The van der Waals surface area contributed by atoms with Crippen LogP contribution in [0.15, 0.2) is 53.3 Å². The van der Waals surface area contributed by atoms with Crippen molar-refractivity contribution in [1.29, 1.82) is 0 Å². The van der Waals surface area contributed by atoms with E-state index in [0.717, 1.165) is 5.56 Å². The lowest BCUT2D eigenvalue weighted by Gasteiger charge is -2.19. The normalized spacial score (nSPS) is 11.3. The van der Waals surface area contributed by atoms with Crippen LogP contribution < -0.4 is 16.4 Å². The molecule has 0 unspecified atom stereocenters. The first-order valence-corrected chi connectivity index (χ1v) is 9.43. The van der Waals surface area contributed by atoms with Crippen LogP contribution in [0.1, 0.15) is 54.1 Å². The molecule has 0 aliphatic carbocycles. The summed E-state index contributed by atoms with van der Waals surface area (Å²) in [7, 11) is 0. The number of aromatic nitrogens is 2. The number of hydrogen-bond acceptors (Lipinski definition) is 4. The Labute approximate surface area is 168 Å². The van der Waals surface area contributed by atoms with Gasteiger partial charge in [-0.15, -0.1) is 0 Å². The SMILES string of the molecule is CCn1nc(C(=O)NNC(=O)c2ccc(C(C)(C)C)cc2)c2ccccc2c1=O. The third-order valence-electron chi connectivity index (χ3n) is 4.69. The third-order valence-corrected chi connectivity index (χ3v) is 4.69. The minimum atomic E-state index is -0.594. The molecule has 29 heavy (non-hydrogen) atoms. The highest BCUT2D eigenvalue weighted by Gasteiger charge is 2.18. The van der Waals surface area contributed by atoms with E-state index in [4.69, 9.17) is 0 Å². The van der Waals surface area contributed by atoms with E-state index in [-0.39, 0.29) is 16.7 Å². The fraction of sp³-hybridized carbons (Fsp3) is 0.273. The molecule has 0 fully saturated rings. The van der Waals surface area contributed by atoms with Gasteiger partial charge >= 0.3 is 0 Å². The predicted octanol–water partition coefficient (Wildman–Crippen LogP) is 2.79. The summed E-state index contributed by atoms with van der Waals surface area (Å²) in [5.41, 5.74) is 6.13. The van der Waals surface area contributed by atoms with E-state index in [2.05, 4.69) is 36.7 Å². The number of fused-ring (bicyclic) bond motifs is 1. The molecule has 3 rings (SSSR count). The number of rotatable bonds is 3. The van der Waals surface area contributed by atoms with Crippen LogP contribution in [-0.4, -0.2) is 21.6 Å². The summed E-state index contributed by atoms with van der Waals surface area (Å²) in [5.74, 6) is -1.03. The van der Waals surface area contributed by atoms with Gasteiger partial charge in [-0.1, -0.05) is 51.1 Å². The van der Waals surface area contributed by atoms with Gasteiger partial charge in [-0.3, -0.25) is 25.2 Å². The fourth-order valence-corrected chi connectivity index (χ4v) is 2.98. The second-order valence-electron chi connectivity index (χ2n) is 7.75. The number of carbonyl (C=O) groups is 2. The molecule has 1 aromatic heterocycles. The molecule has 0 aliphatic rings. The summed E-state index contributed by atoms with van der Waals surface area (Å²) >= 11 is 0. The Hall–Kier alpha value is -3.48. The highest BCUT2D eigenvalue weighted by atomic mass is 16.2. The quantitative estimate of drug-likeness (QED) is 0.671. The van der Waals surface area contributed by atoms with Crippen LogP contribution in [0.5, 0.6) is 0 Å². The van der Waals surface area contributed by atoms with Crippen molar-refractivity contribution < 1.29 is 9.59 Å². The highest BCUT2D eigenvalue weighted by molar-refractivity contribution is 6.06. The van der Waals surface area contributed by atoms with E-state index in [0.29, 0.717) is 22.9 Å². The Morgan fingerprint density at radius 1 is 0.931 bits per heavy atom. The Kier molecular flexibility index (Phi) is 5.50. The van der Waals surface area contributed by atoms with E-state index < -0.39 is 11.8 Å². The average Bonchev–Trinajstić information content (AvgIpc) is 2.71. The van der Waals surface area contributed by atoms with Crippen LogP contribution in [0.4, 0.5) is 0 Å². The van der Waals surface area contributed by atoms with Gasteiger partial charge in [0.05, 0.1) is 5.39 Å². The fourth-order valence-electron chi connectivity index (χ4n) is 2.98. The maximum absolute atomic E-state index is 12.7. The second kappa shape index (κ2) is 7.87. The number of carbonyl (C=O) groups excluding carboxylic acids is 2. The third kappa shape index (κ3) is 4.18. The van der Waals surface area contributed by atoms with Gasteiger partial charge < -0.3 is 0 Å². The molecule has 2 N–H and O–H groups in total. The molecule has 2 aromatic carbocycles. The minimum Gasteiger partial charge on any atom is -0.267 e. The zero-order chi connectivity index (χ0) is 21.2. The van der Waals surface area contributed by atoms with Gasteiger partial charge in [0.15, 0.2) is 5.69 Å². The van der Waals surface area contributed by atoms with Crippen molar-refractivity contribution in [1.82, 2.24) is 20.6 Å². The molecule has 0 saturated carbocycles. The second-order valence-corrected chi connectivity index (χ2v) is 7.75. The van der Waals surface area contributed by atoms with Crippen molar-refractivity contribution in [3.05, 3.63) is 75.7 Å². The van der Waals surface area contributed by atoms with Crippen LogP contribution in [0.25, 0.3) is 10.8 Å². The molecule has 0 radical (unpaired) electrons. The number of aryl methyl sites for hydroxylation is 1. The number of benzene rings is 2. The van der Waals surface area contributed by atoms with Crippen molar-refractivity contribution in [2.45, 2.75) is 39.7 Å². The zero-order valence-electron chi connectivity index (χ0n) is 16.9. The molecule has 0 saturated heterocycles. The molecule has 0 spiro atoms. The first-order chi connectivity index (χ1) is 13.7. The molecule has 150 valence electrons. The van der Waals surface area contributed by atoms with Crippen LogP contribution in [0.2, 0.25) is 0 Å². The molecule has 1 heterocycles. The van der Waals surface area contributed by atoms with E-state index in [9.17, 15) is 14.4 Å². The summed E-state index contributed by atoms with van der Waals surface area (Å²) in [6.45, 7) is 8.38. The van der Waals surface area contributed by atoms with E-state index >= 15 is 0 Å². The maximum atomic E-state index is 12.7. The van der Waals surface area contributed by atoms with E-state index in [1.807, 2.05) is 12.1 Å². The lowest BCUT2D eigenvalue weighted by Crippen LogP contribution is -2.42. The number of nitrogens with one attached hydrogen (secondary N) is 2. The van der Waals surface area contributed by atoms with Gasteiger partial charge in [0, 0.05) is 17.5 Å². The molecular weight excluding hydrogens is 368 g/mol. The van der Waals surface area contributed by atoms with Crippen molar-refractivity contribution in [2.24, 2.45) is 0 Å². The largest absolute Gasteiger partial charge is 0.290 e. The molecular formula is C22H24N4O3. The van der Waals surface area contributed by atoms with Gasteiger partial charge in [-0.05, 0) is 36.1 Å². The number of amides is 2.